The Morgan fingerprint density at radius 1 is 0.759 bits per heavy atom. The summed E-state index contributed by atoms with van der Waals surface area (Å²) in [6, 6.07) is 8.84. The Labute approximate surface area is 512 Å². The first-order valence-electron chi connectivity index (χ1n) is 30.0. The van der Waals surface area contributed by atoms with Gasteiger partial charge in [-0.15, -0.1) is 0 Å². The summed E-state index contributed by atoms with van der Waals surface area (Å²) in [7, 11) is 6.24. The fourth-order valence-electron chi connectivity index (χ4n) is 11.8. The maximum Gasteiger partial charge on any atom is 0.328 e. The van der Waals surface area contributed by atoms with E-state index in [4.69, 9.17) is 66.7 Å². The zero-order chi connectivity index (χ0) is 63.6. The van der Waals surface area contributed by atoms with Crippen LogP contribution in [0.3, 0.4) is 0 Å². The Kier molecular flexibility index (Phi) is 27.7. The number of esters is 1. The van der Waals surface area contributed by atoms with Crippen LogP contribution in [0.25, 0.3) is 0 Å². The number of aliphatic hydroxyl groups excluding tert-OH is 3. The van der Waals surface area contributed by atoms with Crippen molar-refractivity contribution in [1.82, 2.24) is 5.32 Å². The first-order chi connectivity index (χ1) is 41.5. The van der Waals surface area contributed by atoms with Gasteiger partial charge in [0.1, 0.15) is 36.4 Å². The summed E-state index contributed by atoms with van der Waals surface area (Å²) in [5, 5.41) is 58.5. The summed E-state index contributed by atoms with van der Waals surface area (Å²) >= 11 is 0. The highest BCUT2D eigenvalue weighted by atomic mass is 16.7. The van der Waals surface area contributed by atoms with Crippen molar-refractivity contribution in [3.8, 4) is 0 Å². The van der Waals surface area contributed by atoms with Crippen LogP contribution in [0.5, 0.6) is 0 Å². The number of methoxy groups -OCH3 is 4. The van der Waals surface area contributed by atoms with Gasteiger partial charge in [-0.2, -0.15) is 0 Å². The van der Waals surface area contributed by atoms with Crippen LogP contribution in [0.15, 0.2) is 115 Å². The van der Waals surface area contributed by atoms with Gasteiger partial charge < -0.3 is 92.4 Å². The number of nitrogens with one attached hydrogen (secondary N) is 1. The number of hydrogen-bond acceptors (Lipinski definition) is 20. The molecule has 22 nitrogen and oxygen atoms in total. The van der Waals surface area contributed by atoms with Crippen molar-refractivity contribution < 1.29 is 101 Å². The van der Waals surface area contributed by atoms with Crippen molar-refractivity contribution in [2.45, 2.75) is 210 Å². The maximum atomic E-state index is 14.9. The van der Waals surface area contributed by atoms with Crippen LogP contribution >= 0.6 is 0 Å². The molecule has 5 fully saturated rings. The van der Waals surface area contributed by atoms with E-state index in [1.165, 1.54) is 20.3 Å². The van der Waals surface area contributed by atoms with Crippen LogP contribution in [0.2, 0.25) is 0 Å². The third kappa shape index (κ3) is 19.1. The quantitative estimate of drug-likeness (QED) is 0.0343. The van der Waals surface area contributed by atoms with E-state index >= 15 is 0 Å². The zero-order valence-corrected chi connectivity index (χ0v) is 52.2. The van der Waals surface area contributed by atoms with E-state index in [1.807, 2.05) is 33.8 Å². The van der Waals surface area contributed by atoms with E-state index in [0.717, 1.165) is 11.6 Å². The number of benzene rings is 1. The van der Waals surface area contributed by atoms with E-state index in [1.54, 1.807) is 133 Å². The Morgan fingerprint density at radius 2 is 1.36 bits per heavy atom. The first kappa shape index (κ1) is 71.2. The van der Waals surface area contributed by atoms with E-state index < -0.39 is 152 Å². The molecule has 5 aliphatic heterocycles. The van der Waals surface area contributed by atoms with E-state index in [2.05, 4.69) is 5.32 Å². The smallest absolute Gasteiger partial charge is 0.328 e. The SMILES string of the molecule is C/C=C\C=C\C1OC(O)(C(CO[C@@H]2C[C@@H](OC)[C@@H](O[C@H]3C[C@H](OC)[C@H](O[C@@H]4C[C@@H](OC)[C@@H](O)[C@@H](C)O4)[C@@H](C)O3)[C@@H](C)O2)C(=O)NC/C=C/C=C(\C)C(OC)C(C)C2CC(O)C(/C=C/C=C/C=C/C(=O)O)O2)C(OC(=O)Cc2ccccc2)C(O)C1(C)C. The van der Waals surface area contributed by atoms with Gasteiger partial charge in [0.05, 0.1) is 74.1 Å². The average Bonchev–Trinajstić information content (AvgIpc) is 1.73. The number of aliphatic hydroxyl groups is 4. The van der Waals surface area contributed by atoms with Crippen molar-refractivity contribution in [2.24, 2.45) is 17.3 Å². The lowest BCUT2D eigenvalue weighted by molar-refractivity contribution is -0.368. The Bertz CT molecular complexity index is 2530. The monoisotopic (exact) mass is 1230 g/mol. The van der Waals surface area contributed by atoms with Crippen molar-refractivity contribution in [2.75, 3.05) is 41.6 Å². The average molecular weight is 1230 g/mol. The molecule has 10 unspecified atom stereocenters. The number of carboxylic acids is 1. The van der Waals surface area contributed by atoms with Gasteiger partial charge in [-0.05, 0) is 45.8 Å². The number of rotatable bonds is 28. The second-order valence-electron chi connectivity index (χ2n) is 23.5. The van der Waals surface area contributed by atoms with Crippen LogP contribution in [-0.4, -0.2) is 207 Å². The van der Waals surface area contributed by atoms with Gasteiger partial charge in [0.15, 0.2) is 25.0 Å². The van der Waals surface area contributed by atoms with Gasteiger partial charge in [0.2, 0.25) is 11.7 Å². The standard InChI is InChI=1S/C65H95NO21/c1-13-14-18-29-51-64(7,8)61(72)62(84-53(70)32-43-26-19-17-20-27-43)65(74,87-51)44(63(73)66-31-24-23-25-38(2)58(78-12)39(3)47-33-45(67)46(83-47)28-21-15-16-22-30-52(68)69)37-79-54-35-49(76-10)59(41(5)81-54)86-56-36-50(77-11)60(42(6)82-56)85-55-34-48(75-9)57(71)40(4)80-55/h13-30,39-42,44-51,54-62,67,71-72,74H,31-37H2,1-12H3,(H,66,73)(H,68,69)/b14-13-,16-15+,24-23+,28-21+,29-18+,30-22+,38-25+/t39?,40-,41-,42-,44?,45?,46?,47?,48-,49-,50+,51?,54+,55-,56+,57+,58?,59+,60-,61?,62?,65?/m1/s1. The Morgan fingerprint density at radius 3 is 1.98 bits per heavy atom. The molecule has 6 N–H and O–H groups in total. The predicted octanol–water partition coefficient (Wildman–Crippen LogP) is 5.50. The Balaban J connectivity index is 1.19. The topological polar surface area (TPSA) is 284 Å². The molecule has 0 saturated carbocycles. The second kappa shape index (κ2) is 33.8. The molecule has 0 aromatic heterocycles. The molecule has 5 heterocycles. The van der Waals surface area contributed by atoms with Gasteiger partial charge in [0, 0.05) is 78.1 Å². The summed E-state index contributed by atoms with van der Waals surface area (Å²) in [5.74, 6) is -7.19. The number of carbonyl (C=O) groups is 3. The highest BCUT2D eigenvalue weighted by Gasteiger charge is 2.63. The number of ether oxygens (including phenoxy) is 13. The van der Waals surface area contributed by atoms with Gasteiger partial charge in [-0.25, -0.2) is 4.79 Å². The van der Waals surface area contributed by atoms with Gasteiger partial charge in [0.25, 0.3) is 0 Å². The molecule has 1 aromatic rings. The lowest BCUT2D eigenvalue weighted by atomic mass is 9.71. The largest absolute Gasteiger partial charge is 0.478 e. The summed E-state index contributed by atoms with van der Waals surface area (Å²) in [6.07, 6.45) is 7.66. The molecule has 87 heavy (non-hydrogen) atoms. The molecule has 22 atom stereocenters. The van der Waals surface area contributed by atoms with Gasteiger partial charge in [-0.3, -0.25) is 9.59 Å². The fourth-order valence-corrected chi connectivity index (χ4v) is 11.8. The van der Waals surface area contributed by atoms with Crippen LogP contribution in [-0.2, 0) is 82.4 Å². The number of hydrogen-bond donors (Lipinski definition) is 6. The lowest BCUT2D eigenvalue weighted by Gasteiger charge is -2.54. The third-order valence-electron chi connectivity index (χ3n) is 16.9. The molecule has 1 aromatic carbocycles. The lowest BCUT2D eigenvalue weighted by Crippen LogP contribution is -2.71. The minimum Gasteiger partial charge on any atom is -0.478 e. The van der Waals surface area contributed by atoms with E-state index in [-0.39, 0.29) is 37.8 Å². The van der Waals surface area contributed by atoms with Gasteiger partial charge >= 0.3 is 11.9 Å². The number of aliphatic carboxylic acids is 1. The number of carbonyl (C=O) groups excluding carboxylic acids is 2. The molecule has 22 heteroatoms. The highest BCUT2D eigenvalue weighted by Crippen LogP contribution is 2.46. The Hall–Kier alpha value is -4.83. The van der Waals surface area contributed by atoms with Gasteiger partial charge in [-0.1, -0.05) is 124 Å². The van der Waals surface area contributed by atoms with Crippen molar-refractivity contribution in [3.63, 3.8) is 0 Å². The maximum absolute atomic E-state index is 14.9. The van der Waals surface area contributed by atoms with Crippen LogP contribution in [0, 0.1) is 17.3 Å². The predicted molar refractivity (Wildman–Crippen MR) is 318 cm³/mol. The van der Waals surface area contributed by atoms with Crippen molar-refractivity contribution >= 4 is 17.8 Å². The fraction of sp³-hybridized carbons (Fsp3) is 0.646. The molecular weight excluding hydrogens is 1130 g/mol. The van der Waals surface area contributed by atoms with Crippen LogP contribution in [0.4, 0.5) is 0 Å². The minimum atomic E-state index is -2.71. The third-order valence-corrected chi connectivity index (χ3v) is 16.9. The molecule has 0 bridgehead atoms. The van der Waals surface area contributed by atoms with Crippen molar-refractivity contribution in [1.29, 1.82) is 0 Å². The summed E-state index contributed by atoms with van der Waals surface area (Å²) in [4.78, 5) is 39.5. The molecule has 0 aliphatic carbocycles. The normalized spacial score (nSPS) is 36.3. The summed E-state index contributed by atoms with van der Waals surface area (Å²) in [5.41, 5.74) is 0.265. The number of amides is 1. The summed E-state index contributed by atoms with van der Waals surface area (Å²) < 4.78 is 80.6. The molecule has 5 aliphatic rings. The minimum absolute atomic E-state index is 0.0572. The second-order valence-corrected chi connectivity index (χ2v) is 23.5. The molecule has 486 valence electrons. The molecule has 0 spiro atoms. The van der Waals surface area contributed by atoms with E-state index in [0.29, 0.717) is 18.4 Å². The zero-order valence-electron chi connectivity index (χ0n) is 52.2. The first-order valence-corrected chi connectivity index (χ1v) is 30.0. The number of allylic oxidation sites excluding steroid dienone is 9. The van der Waals surface area contributed by atoms with Crippen LogP contribution in [0.1, 0.15) is 86.6 Å². The molecular formula is C65H95NO21. The van der Waals surface area contributed by atoms with Crippen molar-refractivity contribution in [3.05, 3.63) is 120 Å². The molecule has 6 rings (SSSR count). The van der Waals surface area contributed by atoms with Crippen LogP contribution < -0.4 is 5.32 Å². The highest BCUT2D eigenvalue weighted by molar-refractivity contribution is 5.81. The summed E-state index contributed by atoms with van der Waals surface area (Å²) in [6.45, 7) is 13.9. The molecule has 5 saturated heterocycles. The number of carboxylic acid groups (broad SMARTS) is 1. The molecule has 0 radical (unpaired) electrons. The van der Waals surface area contributed by atoms with E-state index in [9.17, 15) is 34.8 Å². The molecule has 1 amide bonds.